The van der Waals surface area contributed by atoms with Gasteiger partial charge in [0.15, 0.2) is 0 Å². The fraction of sp³-hybridized carbons (Fsp3) is 0.533. The number of imidazole rings is 1. The molecule has 1 fully saturated rings. The summed E-state index contributed by atoms with van der Waals surface area (Å²) in [7, 11) is 0. The summed E-state index contributed by atoms with van der Waals surface area (Å²) in [4.78, 5) is 4.50. The monoisotopic (exact) mass is 346 g/mol. The van der Waals surface area contributed by atoms with Crippen LogP contribution in [-0.2, 0) is 5.88 Å². The first-order valence-corrected chi connectivity index (χ1v) is 9.15. The fourth-order valence-corrected chi connectivity index (χ4v) is 4.80. The summed E-state index contributed by atoms with van der Waals surface area (Å²) < 4.78 is 15.8. The number of thioether (sulfide) groups is 1. The lowest BCUT2D eigenvalue weighted by atomic mass is 10.2. The molecule has 1 aliphatic rings. The van der Waals surface area contributed by atoms with E-state index < -0.39 is 5.82 Å². The predicted molar refractivity (Wildman–Crippen MR) is 89.1 cm³/mol. The quantitative estimate of drug-likeness (QED) is 0.688. The number of hydrogen-bond donors (Lipinski definition) is 0. The summed E-state index contributed by atoms with van der Waals surface area (Å²) >= 11 is 14.0. The van der Waals surface area contributed by atoms with Gasteiger partial charge in [0.05, 0.1) is 21.9 Å². The normalized spacial score (nSPS) is 22.3. The molecule has 2 atom stereocenters. The average molecular weight is 347 g/mol. The molecule has 0 N–H and O–H groups in total. The van der Waals surface area contributed by atoms with Crippen LogP contribution in [0.4, 0.5) is 4.39 Å². The van der Waals surface area contributed by atoms with E-state index in [4.69, 9.17) is 23.2 Å². The van der Waals surface area contributed by atoms with Crippen LogP contribution in [0, 0.1) is 5.82 Å². The molecule has 1 saturated carbocycles. The Morgan fingerprint density at radius 3 is 2.95 bits per heavy atom. The molecule has 2 nitrogen and oxygen atoms in total. The molecular weight excluding hydrogens is 330 g/mol. The highest BCUT2D eigenvalue weighted by molar-refractivity contribution is 7.99. The van der Waals surface area contributed by atoms with Crippen LogP contribution in [0.2, 0.25) is 5.02 Å². The number of hydrogen-bond acceptors (Lipinski definition) is 2. The van der Waals surface area contributed by atoms with Crippen molar-refractivity contribution in [1.29, 1.82) is 0 Å². The molecule has 1 aromatic heterocycles. The van der Waals surface area contributed by atoms with E-state index in [9.17, 15) is 4.39 Å². The Morgan fingerprint density at radius 1 is 1.43 bits per heavy atom. The van der Waals surface area contributed by atoms with Crippen LogP contribution in [0.25, 0.3) is 11.0 Å². The van der Waals surface area contributed by atoms with Crippen LogP contribution in [0.5, 0.6) is 0 Å². The first kappa shape index (κ1) is 15.4. The van der Waals surface area contributed by atoms with Gasteiger partial charge < -0.3 is 4.57 Å². The van der Waals surface area contributed by atoms with Crippen molar-refractivity contribution in [2.75, 3.05) is 5.75 Å². The summed E-state index contributed by atoms with van der Waals surface area (Å²) in [6, 6.07) is 3.46. The molecular formula is C15H17Cl2FN2S. The van der Waals surface area contributed by atoms with Gasteiger partial charge in [-0.05, 0) is 24.7 Å². The van der Waals surface area contributed by atoms with E-state index in [-0.39, 0.29) is 5.02 Å². The summed E-state index contributed by atoms with van der Waals surface area (Å²) in [6.07, 6.45) is 3.53. The lowest BCUT2D eigenvalue weighted by molar-refractivity contribution is 0.527. The van der Waals surface area contributed by atoms with Crippen LogP contribution in [-0.4, -0.2) is 20.6 Å². The predicted octanol–water partition coefficient (Wildman–Crippen LogP) is 5.41. The van der Waals surface area contributed by atoms with Gasteiger partial charge in [-0.1, -0.05) is 24.9 Å². The van der Waals surface area contributed by atoms with Gasteiger partial charge >= 0.3 is 0 Å². The molecule has 0 saturated heterocycles. The van der Waals surface area contributed by atoms with Crippen LogP contribution in [0.15, 0.2) is 12.1 Å². The molecule has 21 heavy (non-hydrogen) atoms. The molecule has 0 spiro atoms. The first-order valence-electron chi connectivity index (χ1n) is 7.19. The van der Waals surface area contributed by atoms with Crippen molar-refractivity contribution in [1.82, 2.24) is 9.55 Å². The smallest absolute Gasteiger partial charge is 0.144 e. The molecule has 6 heteroatoms. The third kappa shape index (κ3) is 2.78. The standard InChI is InChI=1S/C15H17Cl2FN2S/c1-2-21-14-5-3-4-12(14)20-13-6-9(17)10(18)7-11(13)19-15(20)8-16/h6-7,12,14H,2-5,8H2,1H3. The second-order valence-electron chi connectivity index (χ2n) is 5.28. The molecule has 2 aromatic rings. The van der Waals surface area contributed by atoms with Crippen LogP contribution < -0.4 is 0 Å². The second kappa shape index (κ2) is 6.35. The molecule has 0 radical (unpaired) electrons. The zero-order valence-corrected chi connectivity index (χ0v) is 14.1. The van der Waals surface area contributed by atoms with E-state index in [1.54, 1.807) is 6.07 Å². The van der Waals surface area contributed by atoms with Crippen LogP contribution in [0.1, 0.15) is 38.1 Å². The summed E-state index contributed by atoms with van der Waals surface area (Å²) in [5.74, 6) is 1.80. The molecule has 0 amide bonds. The number of aromatic nitrogens is 2. The van der Waals surface area contributed by atoms with E-state index in [0.717, 1.165) is 23.5 Å². The number of rotatable bonds is 4. The highest BCUT2D eigenvalue weighted by Gasteiger charge is 2.31. The highest BCUT2D eigenvalue weighted by atomic mass is 35.5. The maximum absolute atomic E-state index is 13.6. The van der Waals surface area contributed by atoms with E-state index in [1.807, 2.05) is 11.8 Å². The Kier molecular flexibility index (Phi) is 4.67. The van der Waals surface area contributed by atoms with Crippen LogP contribution >= 0.6 is 35.0 Å². The summed E-state index contributed by atoms with van der Waals surface area (Å²) in [5, 5.41) is 0.709. The molecule has 3 rings (SSSR count). The summed E-state index contributed by atoms with van der Waals surface area (Å²) in [5.41, 5.74) is 1.53. The average Bonchev–Trinajstić information content (AvgIpc) is 3.04. The van der Waals surface area contributed by atoms with Crippen molar-refractivity contribution in [2.24, 2.45) is 0 Å². The Bertz CT molecular complexity index is 659. The van der Waals surface area contributed by atoms with Crippen molar-refractivity contribution in [3.63, 3.8) is 0 Å². The minimum absolute atomic E-state index is 0.141. The van der Waals surface area contributed by atoms with Crippen molar-refractivity contribution >= 4 is 46.0 Å². The Balaban J connectivity index is 2.13. The fourth-order valence-electron chi connectivity index (χ4n) is 3.21. The molecule has 114 valence electrons. The SMILES string of the molecule is CCSC1CCCC1n1c(CCl)nc2cc(F)c(Cl)cc21. The van der Waals surface area contributed by atoms with Gasteiger partial charge in [0.1, 0.15) is 11.6 Å². The number of benzene rings is 1. The van der Waals surface area contributed by atoms with E-state index in [0.29, 0.717) is 22.7 Å². The van der Waals surface area contributed by atoms with Gasteiger partial charge in [0.2, 0.25) is 0 Å². The third-order valence-electron chi connectivity index (χ3n) is 4.05. The van der Waals surface area contributed by atoms with E-state index >= 15 is 0 Å². The largest absolute Gasteiger partial charge is 0.323 e. The number of halogens is 3. The maximum Gasteiger partial charge on any atom is 0.144 e. The minimum atomic E-state index is -0.430. The van der Waals surface area contributed by atoms with Gasteiger partial charge in [-0.2, -0.15) is 11.8 Å². The number of alkyl halides is 1. The lowest BCUT2D eigenvalue weighted by Crippen LogP contribution is -2.18. The number of fused-ring (bicyclic) bond motifs is 1. The van der Waals surface area contributed by atoms with Crippen molar-refractivity contribution in [3.8, 4) is 0 Å². The molecule has 1 heterocycles. The Morgan fingerprint density at radius 2 is 2.24 bits per heavy atom. The second-order valence-corrected chi connectivity index (χ2v) is 7.47. The van der Waals surface area contributed by atoms with Crippen molar-refractivity contribution in [3.05, 3.63) is 28.8 Å². The van der Waals surface area contributed by atoms with Gasteiger partial charge in [-0.3, -0.25) is 0 Å². The highest BCUT2D eigenvalue weighted by Crippen LogP contribution is 2.41. The van der Waals surface area contributed by atoms with Crippen molar-refractivity contribution in [2.45, 2.75) is 43.4 Å². The van der Waals surface area contributed by atoms with E-state index in [1.165, 1.54) is 18.9 Å². The van der Waals surface area contributed by atoms with Gasteiger partial charge in [0, 0.05) is 17.4 Å². The first-order chi connectivity index (χ1) is 10.2. The topological polar surface area (TPSA) is 17.8 Å². The molecule has 0 aliphatic heterocycles. The van der Waals surface area contributed by atoms with Gasteiger partial charge in [-0.15, -0.1) is 11.6 Å². The van der Waals surface area contributed by atoms with E-state index in [2.05, 4.69) is 16.5 Å². The molecule has 0 bridgehead atoms. The third-order valence-corrected chi connectivity index (χ3v) is 5.89. The van der Waals surface area contributed by atoms with Gasteiger partial charge in [0.25, 0.3) is 0 Å². The molecule has 1 aliphatic carbocycles. The van der Waals surface area contributed by atoms with Gasteiger partial charge in [-0.25, -0.2) is 9.37 Å². The van der Waals surface area contributed by atoms with Crippen LogP contribution in [0.3, 0.4) is 0 Å². The summed E-state index contributed by atoms with van der Waals surface area (Å²) in [6.45, 7) is 2.18. The maximum atomic E-state index is 13.6. The Hall–Kier alpha value is -0.450. The number of nitrogens with zero attached hydrogens (tertiary/aromatic N) is 2. The Labute approximate surface area is 138 Å². The minimum Gasteiger partial charge on any atom is -0.323 e. The molecule has 2 unspecified atom stereocenters. The zero-order valence-electron chi connectivity index (χ0n) is 11.8. The lowest BCUT2D eigenvalue weighted by Gasteiger charge is -2.23. The van der Waals surface area contributed by atoms with Crippen molar-refractivity contribution < 1.29 is 4.39 Å². The molecule has 1 aromatic carbocycles. The zero-order chi connectivity index (χ0) is 15.0.